The zero-order valence-electron chi connectivity index (χ0n) is 13.1. The molecule has 4 heteroatoms. The minimum Gasteiger partial charge on any atom is -0.465 e. The molecule has 0 heterocycles. The predicted molar refractivity (Wildman–Crippen MR) is 91.9 cm³/mol. The first-order valence-electron chi connectivity index (χ1n) is 7.83. The van der Waals surface area contributed by atoms with E-state index in [1.165, 1.54) is 23.8 Å². The molecule has 0 fully saturated rings. The van der Waals surface area contributed by atoms with Gasteiger partial charge in [-0.15, -0.1) is 0 Å². The van der Waals surface area contributed by atoms with Gasteiger partial charge in [0.2, 0.25) is 0 Å². The maximum Gasteiger partial charge on any atom is 0.337 e. The summed E-state index contributed by atoms with van der Waals surface area (Å²) in [4.78, 5) is 11.6. The second-order valence-electron chi connectivity index (χ2n) is 5.92. The first kappa shape index (κ1) is 16.0. The number of halogens is 1. The number of aryl methyl sites for hydroxylation is 1. The van der Waals surface area contributed by atoms with Gasteiger partial charge >= 0.3 is 5.97 Å². The van der Waals surface area contributed by atoms with Crippen molar-refractivity contribution in [3.63, 3.8) is 0 Å². The molecule has 3 nitrogen and oxygen atoms in total. The lowest BCUT2D eigenvalue weighted by Gasteiger charge is -2.26. The van der Waals surface area contributed by atoms with Gasteiger partial charge in [-0.05, 0) is 60.2 Å². The molecule has 0 saturated carbocycles. The highest BCUT2D eigenvalue weighted by atomic mass is 35.5. The van der Waals surface area contributed by atoms with Crippen LogP contribution >= 0.6 is 11.6 Å². The summed E-state index contributed by atoms with van der Waals surface area (Å²) in [5, 5.41) is 4.38. The Bertz CT molecular complexity index is 697. The van der Waals surface area contributed by atoms with Crippen LogP contribution in [0.15, 0.2) is 42.5 Å². The number of carbonyl (C=O) groups excluding carboxylic acids is 1. The number of rotatable bonds is 4. The van der Waals surface area contributed by atoms with Crippen LogP contribution in [0.25, 0.3) is 0 Å². The smallest absolute Gasteiger partial charge is 0.337 e. The van der Waals surface area contributed by atoms with E-state index < -0.39 is 0 Å². The first-order valence-corrected chi connectivity index (χ1v) is 8.21. The van der Waals surface area contributed by atoms with Gasteiger partial charge in [0.25, 0.3) is 0 Å². The van der Waals surface area contributed by atoms with E-state index in [1.807, 2.05) is 24.3 Å². The van der Waals surface area contributed by atoms with E-state index in [9.17, 15) is 4.79 Å². The SMILES string of the molecule is COC(=O)c1ccc2c(c1)CCC(NCc1ccc(Cl)cc1)C2. The van der Waals surface area contributed by atoms with Gasteiger partial charge in [-0.2, -0.15) is 0 Å². The van der Waals surface area contributed by atoms with Crippen LogP contribution in [0.5, 0.6) is 0 Å². The molecule has 120 valence electrons. The van der Waals surface area contributed by atoms with Gasteiger partial charge in [0.15, 0.2) is 0 Å². The largest absolute Gasteiger partial charge is 0.465 e. The molecule has 3 rings (SSSR count). The van der Waals surface area contributed by atoms with Crippen molar-refractivity contribution in [2.75, 3.05) is 7.11 Å². The molecule has 0 spiro atoms. The van der Waals surface area contributed by atoms with Crippen molar-refractivity contribution >= 4 is 17.6 Å². The van der Waals surface area contributed by atoms with Crippen LogP contribution in [0.1, 0.15) is 33.5 Å². The average molecular weight is 330 g/mol. The Morgan fingerprint density at radius 2 is 2.00 bits per heavy atom. The van der Waals surface area contributed by atoms with E-state index >= 15 is 0 Å². The summed E-state index contributed by atoms with van der Waals surface area (Å²) in [6.45, 7) is 0.845. The number of nitrogens with one attached hydrogen (secondary N) is 1. The third kappa shape index (κ3) is 3.92. The second-order valence-corrected chi connectivity index (χ2v) is 6.36. The molecule has 1 aliphatic carbocycles. The van der Waals surface area contributed by atoms with Crippen LogP contribution in [0.2, 0.25) is 5.02 Å². The minimum atomic E-state index is -0.268. The van der Waals surface area contributed by atoms with Gasteiger partial charge in [0.1, 0.15) is 0 Å². The fraction of sp³-hybridized carbons (Fsp3) is 0.316. The molecule has 0 aliphatic heterocycles. The molecule has 0 aromatic heterocycles. The lowest BCUT2D eigenvalue weighted by Crippen LogP contribution is -2.34. The Kier molecular flexibility index (Phi) is 4.99. The van der Waals surface area contributed by atoms with Crippen molar-refractivity contribution in [1.82, 2.24) is 5.32 Å². The van der Waals surface area contributed by atoms with Crippen LogP contribution in [-0.4, -0.2) is 19.1 Å². The number of methoxy groups -OCH3 is 1. The Morgan fingerprint density at radius 1 is 1.22 bits per heavy atom. The molecule has 2 aromatic carbocycles. The maximum absolute atomic E-state index is 11.6. The van der Waals surface area contributed by atoms with E-state index in [-0.39, 0.29) is 5.97 Å². The van der Waals surface area contributed by atoms with E-state index in [1.54, 1.807) is 0 Å². The normalized spacial score (nSPS) is 16.7. The summed E-state index contributed by atoms with van der Waals surface area (Å²) in [5.41, 5.74) is 4.45. The fourth-order valence-electron chi connectivity index (χ4n) is 3.04. The van der Waals surface area contributed by atoms with Crippen molar-refractivity contribution in [2.45, 2.75) is 31.8 Å². The van der Waals surface area contributed by atoms with E-state index in [0.29, 0.717) is 11.6 Å². The summed E-state index contributed by atoms with van der Waals surface area (Å²) >= 11 is 5.91. The summed E-state index contributed by atoms with van der Waals surface area (Å²) < 4.78 is 4.78. The molecule has 0 saturated heterocycles. The molecule has 0 radical (unpaired) electrons. The number of fused-ring (bicyclic) bond motifs is 1. The number of ether oxygens (including phenoxy) is 1. The summed E-state index contributed by atoms with van der Waals surface area (Å²) in [7, 11) is 1.42. The lowest BCUT2D eigenvalue weighted by atomic mass is 9.87. The molecule has 1 atom stereocenters. The highest BCUT2D eigenvalue weighted by molar-refractivity contribution is 6.30. The summed E-state index contributed by atoms with van der Waals surface area (Å²) in [6, 6.07) is 14.3. The second kappa shape index (κ2) is 7.16. The van der Waals surface area contributed by atoms with Gasteiger partial charge < -0.3 is 10.1 Å². The van der Waals surface area contributed by atoms with E-state index in [0.717, 1.165) is 30.8 Å². The zero-order valence-corrected chi connectivity index (χ0v) is 13.9. The molecule has 2 aromatic rings. The van der Waals surface area contributed by atoms with Crippen LogP contribution in [0.4, 0.5) is 0 Å². The first-order chi connectivity index (χ1) is 11.2. The number of esters is 1. The molecular formula is C19H20ClNO2. The van der Waals surface area contributed by atoms with Crippen LogP contribution in [0, 0.1) is 0 Å². The number of hydrogen-bond donors (Lipinski definition) is 1. The van der Waals surface area contributed by atoms with Gasteiger partial charge in [-0.3, -0.25) is 0 Å². The van der Waals surface area contributed by atoms with E-state index in [2.05, 4.69) is 23.5 Å². The quantitative estimate of drug-likeness (QED) is 0.868. The van der Waals surface area contributed by atoms with Crippen molar-refractivity contribution in [3.05, 3.63) is 69.7 Å². The number of hydrogen-bond acceptors (Lipinski definition) is 3. The summed E-state index contributed by atoms with van der Waals surface area (Å²) in [6.07, 6.45) is 3.05. The Balaban J connectivity index is 1.61. The van der Waals surface area contributed by atoms with E-state index in [4.69, 9.17) is 16.3 Å². The molecule has 1 N–H and O–H groups in total. The van der Waals surface area contributed by atoms with Crippen molar-refractivity contribution in [3.8, 4) is 0 Å². The fourth-order valence-corrected chi connectivity index (χ4v) is 3.16. The van der Waals surface area contributed by atoms with Crippen molar-refractivity contribution < 1.29 is 9.53 Å². The zero-order chi connectivity index (χ0) is 16.2. The molecule has 23 heavy (non-hydrogen) atoms. The molecule has 1 unspecified atom stereocenters. The van der Waals surface area contributed by atoms with Crippen LogP contribution in [-0.2, 0) is 24.1 Å². The maximum atomic E-state index is 11.6. The highest BCUT2D eigenvalue weighted by Gasteiger charge is 2.19. The summed E-state index contributed by atoms with van der Waals surface area (Å²) in [5.74, 6) is -0.268. The predicted octanol–water partition coefficient (Wildman–Crippen LogP) is 3.77. The third-order valence-corrected chi connectivity index (χ3v) is 4.62. The topological polar surface area (TPSA) is 38.3 Å². The van der Waals surface area contributed by atoms with Gasteiger partial charge in [-0.25, -0.2) is 4.79 Å². The molecule has 0 bridgehead atoms. The Hall–Kier alpha value is -1.84. The standard InChI is InChI=1S/C19H20ClNO2/c1-23-19(22)16-5-4-15-11-18(9-6-14(15)10-16)21-12-13-2-7-17(20)8-3-13/h2-5,7-8,10,18,21H,6,9,11-12H2,1H3. The monoisotopic (exact) mass is 329 g/mol. The van der Waals surface area contributed by atoms with Gasteiger partial charge in [-0.1, -0.05) is 29.8 Å². The number of benzene rings is 2. The highest BCUT2D eigenvalue weighted by Crippen LogP contribution is 2.23. The molecular weight excluding hydrogens is 310 g/mol. The van der Waals surface area contributed by atoms with Crippen LogP contribution < -0.4 is 5.32 Å². The Labute approximate surface area is 141 Å². The third-order valence-electron chi connectivity index (χ3n) is 4.36. The van der Waals surface area contributed by atoms with Crippen molar-refractivity contribution in [1.29, 1.82) is 0 Å². The lowest BCUT2D eigenvalue weighted by molar-refractivity contribution is 0.0600. The van der Waals surface area contributed by atoms with Crippen LogP contribution in [0.3, 0.4) is 0 Å². The molecule has 0 amide bonds. The minimum absolute atomic E-state index is 0.268. The molecule has 1 aliphatic rings. The average Bonchev–Trinajstić information content (AvgIpc) is 2.60. The Morgan fingerprint density at radius 3 is 2.74 bits per heavy atom. The van der Waals surface area contributed by atoms with Crippen molar-refractivity contribution in [2.24, 2.45) is 0 Å². The number of carbonyl (C=O) groups is 1. The van der Waals surface area contributed by atoms with Gasteiger partial charge in [0, 0.05) is 17.6 Å². The van der Waals surface area contributed by atoms with Gasteiger partial charge in [0.05, 0.1) is 12.7 Å².